The third-order valence-corrected chi connectivity index (χ3v) is 2.47. The van der Waals surface area contributed by atoms with E-state index in [-0.39, 0.29) is 5.82 Å². The zero-order valence-electron chi connectivity index (χ0n) is 9.36. The second-order valence-electron chi connectivity index (χ2n) is 3.69. The summed E-state index contributed by atoms with van der Waals surface area (Å²) in [6, 6.07) is 8.19. The molecule has 0 amide bonds. The molecule has 2 N–H and O–H groups in total. The van der Waals surface area contributed by atoms with Crippen molar-refractivity contribution in [3.63, 3.8) is 0 Å². The van der Waals surface area contributed by atoms with Gasteiger partial charge in [-0.2, -0.15) is 0 Å². The lowest BCUT2D eigenvalue weighted by molar-refractivity contribution is 0.0924. The summed E-state index contributed by atoms with van der Waals surface area (Å²) < 4.78 is 23.6. The van der Waals surface area contributed by atoms with Crippen LogP contribution < -0.4 is 5.73 Å². The summed E-state index contributed by atoms with van der Waals surface area (Å²) in [5, 5.41) is 0. The third-order valence-electron chi connectivity index (χ3n) is 2.47. The monoisotopic (exact) mass is 235 g/mol. The van der Waals surface area contributed by atoms with Crippen molar-refractivity contribution in [2.45, 2.75) is 19.8 Å². The van der Waals surface area contributed by atoms with Gasteiger partial charge in [0, 0.05) is 6.54 Å². The molecule has 0 spiro atoms. The van der Waals surface area contributed by atoms with E-state index >= 15 is 0 Å². The number of benzene rings is 1. The number of hydrogen-bond donors (Lipinski definition) is 1. The minimum atomic E-state index is -0.278. The highest BCUT2D eigenvalue weighted by Crippen LogP contribution is 2.13. The number of rotatable bonds is 5. The lowest BCUT2D eigenvalue weighted by atomic mass is 10.1. The topological polar surface area (TPSA) is 48.4 Å². The molecule has 0 aliphatic carbocycles. The van der Waals surface area contributed by atoms with Crippen molar-refractivity contribution in [3.05, 3.63) is 59.3 Å². The minimum absolute atomic E-state index is 0.278. The molecule has 2 aromatic rings. The Morgan fingerprint density at radius 2 is 2.06 bits per heavy atom. The van der Waals surface area contributed by atoms with Crippen LogP contribution in [0.3, 0.4) is 0 Å². The highest BCUT2D eigenvalue weighted by Gasteiger charge is 2.03. The normalized spacial score (nSPS) is 10.7. The Hall–Kier alpha value is -1.65. The van der Waals surface area contributed by atoms with Crippen LogP contribution in [0.2, 0.25) is 0 Å². The van der Waals surface area contributed by atoms with Crippen molar-refractivity contribution < 1.29 is 13.5 Å². The summed E-state index contributed by atoms with van der Waals surface area (Å²) in [6.45, 7) is 1.10. The Bertz CT molecular complexity index is 468. The fourth-order valence-electron chi connectivity index (χ4n) is 1.58. The minimum Gasteiger partial charge on any atom is -0.467 e. The van der Waals surface area contributed by atoms with E-state index in [9.17, 15) is 4.39 Å². The van der Waals surface area contributed by atoms with Gasteiger partial charge in [0.05, 0.1) is 12.9 Å². The molecular formula is C13H14FNO2. The lowest BCUT2D eigenvalue weighted by Gasteiger charge is -2.08. The Morgan fingerprint density at radius 3 is 2.76 bits per heavy atom. The van der Waals surface area contributed by atoms with Gasteiger partial charge in [-0.3, -0.25) is 0 Å². The summed E-state index contributed by atoms with van der Waals surface area (Å²) in [5.74, 6) is 0.488. The molecule has 4 heteroatoms. The van der Waals surface area contributed by atoms with Gasteiger partial charge in [-0.15, -0.1) is 0 Å². The molecule has 1 aromatic heterocycles. The molecule has 17 heavy (non-hydrogen) atoms. The molecule has 0 aliphatic rings. The second-order valence-corrected chi connectivity index (χ2v) is 3.69. The van der Waals surface area contributed by atoms with Crippen molar-refractivity contribution >= 4 is 0 Å². The van der Waals surface area contributed by atoms with E-state index in [4.69, 9.17) is 14.9 Å². The first-order valence-corrected chi connectivity index (χ1v) is 5.37. The Labute approximate surface area is 99.0 Å². The molecule has 0 saturated carbocycles. The Kier molecular flexibility index (Phi) is 3.90. The molecule has 0 unspecified atom stereocenters. The van der Waals surface area contributed by atoms with E-state index in [1.54, 1.807) is 12.3 Å². The molecule has 1 aromatic carbocycles. The largest absolute Gasteiger partial charge is 0.467 e. The van der Waals surface area contributed by atoms with Crippen molar-refractivity contribution in [3.8, 4) is 0 Å². The maximum atomic E-state index is 13.0. The second kappa shape index (κ2) is 5.61. The first-order chi connectivity index (χ1) is 8.29. The van der Waals surface area contributed by atoms with Crippen LogP contribution >= 0.6 is 0 Å². The smallest absolute Gasteiger partial charge is 0.129 e. The summed E-state index contributed by atoms with van der Waals surface area (Å²) in [5.41, 5.74) is 7.22. The van der Waals surface area contributed by atoms with Gasteiger partial charge in [0.25, 0.3) is 0 Å². The fourth-order valence-corrected chi connectivity index (χ4v) is 1.58. The summed E-state index contributed by atoms with van der Waals surface area (Å²) in [4.78, 5) is 0. The molecule has 0 fully saturated rings. The van der Waals surface area contributed by atoms with Gasteiger partial charge in [0.15, 0.2) is 0 Å². The molecule has 0 saturated heterocycles. The predicted octanol–water partition coefficient (Wildman–Crippen LogP) is 2.59. The van der Waals surface area contributed by atoms with E-state index in [1.807, 2.05) is 12.1 Å². The standard InChI is InChI=1S/C13H14FNO2/c14-12-4-3-10(11(6-12)7-15)8-16-9-13-2-1-5-17-13/h1-6H,7-9,15H2. The molecule has 2 rings (SSSR count). The van der Waals surface area contributed by atoms with E-state index in [1.165, 1.54) is 12.1 Å². The van der Waals surface area contributed by atoms with Crippen LogP contribution in [0.1, 0.15) is 16.9 Å². The summed E-state index contributed by atoms with van der Waals surface area (Å²) in [7, 11) is 0. The van der Waals surface area contributed by atoms with Gasteiger partial charge in [0.1, 0.15) is 18.2 Å². The van der Waals surface area contributed by atoms with Crippen LogP contribution in [0, 0.1) is 5.82 Å². The average Bonchev–Trinajstić information content (AvgIpc) is 2.84. The van der Waals surface area contributed by atoms with Crippen LogP contribution in [0.4, 0.5) is 4.39 Å². The van der Waals surface area contributed by atoms with Crippen molar-refractivity contribution in [2.75, 3.05) is 0 Å². The molecule has 0 radical (unpaired) electrons. The number of furan rings is 1. The van der Waals surface area contributed by atoms with Gasteiger partial charge in [-0.1, -0.05) is 6.07 Å². The van der Waals surface area contributed by atoms with E-state index in [0.717, 1.165) is 16.9 Å². The molecule has 90 valence electrons. The molecule has 0 bridgehead atoms. The highest BCUT2D eigenvalue weighted by molar-refractivity contribution is 5.27. The van der Waals surface area contributed by atoms with Gasteiger partial charge < -0.3 is 14.9 Å². The van der Waals surface area contributed by atoms with E-state index in [2.05, 4.69) is 0 Å². The first kappa shape index (κ1) is 11.8. The zero-order chi connectivity index (χ0) is 12.1. The first-order valence-electron chi connectivity index (χ1n) is 5.37. The molecule has 3 nitrogen and oxygen atoms in total. The van der Waals surface area contributed by atoms with Crippen LogP contribution in [0.5, 0.6) is 0 Å². The van der Waals surface area contributed by atoms with Crippen molar-refractivity contribution in [1.29, 1.82) is 0 Å². The SMILES string of the molecule is NCc1cc(F)ccc1COCc1ccco1. The molecule has 0 atom stereocenters. The maximum absolute atomic E-state index is 13.0. The average molecular weight is 235 g/mol. The number of ether oxygens (including phenoxy) is 1. The lowest BCUT2D eigenvalue weighted by Crippen LogP contribution is -2.04. The Balaban J connectivity index is 1.94. The highest BCUT2D eigenvalue weighted by atomic mass is 19.1. The van der Waals surface area contributed by atoms with Crippen molar-refractivity contribution in [2.24, 2.45) is 5.73 Å². The van der Waals surface area contributed by atoms with Gasteiger partial charge in [0.2, 0.25) is 0 Å². The van der Waals surface area contributed by atoms with Crippen LogP contribution in [-0.2, 0) is 24.5 Å². The third kappa shape index (κ3) is 3.15. The fraction of sp³-hybridized carbons (Fsp3) is 0.231. The van der Waals surface area contributed by atoms with Crippen LogP contribution in [0.25, 0.3) is 0 Å². The maximum Gasteiger partial charge on any atom is 0.129 e. The van der Waals surface area contributed by atoms with Crippen LogP contribution in [-0.4, -0.2) is 0 Å². The molecule has 1 heterocycles. The summed E-state index contributed by atoms with van der Waals surface area (Å²) in [6.07, 6.45) is 1.60. The number of halogens is 1. The van der Waals surface area contributed by atoms with Gasteiger partial charge in [-0.25, -0.2) is 4.39 Å². The van der Waals surface area contributed by atoms with Crippen molar-refractivity contribution in [1.82, 2.24) is 0 Å². The van der Waals surface area contributed by atoms with Gasteiger partial charge in [-0.05, 0) is 35.4 Å². The zero-order valence-corrected chi connectivity index (χ0v) is 9.36. The molecular weight excluding hydrogens is 221 g/mol. The molecule has 0 aliphatic heterocycles. The van der Waals surface area contributed by atoms with Crippen LogP contribution in [0.15, 0.2) is 41.0 Å². The number of hydrogen-bond acceptors (Lipinski definition) is 3. The number of nitrogens with two attached hydrogens (primary N) is 1. The van der Waals surface area contributed by atoms with E-state index in [0.29, 0.717) is 19.8 Å². The van der Waals surface area contributed by atoms with Gasteiger partial charge >= 0.3 is 0 Å². The predicted molar refractivity (Wildman–Crippen MR) is 61.5 cm³/mol. The Morgan fingerprint density at radius 1 is 1.18 bits per heavy atom. The quantitative estimate of drug-likeness (QED) is 0.866. The van der Waals surface area contributed by atoms with E-state index < -0.39 is 0 Å². The summed E-state index contributed by atoms with van der Waals surface area (Å²) >= 11 is 0.